The highest BCUT2D eigenvalue weighted by Gasteiger charge is 2.36. The molecule has 0 aliphatic heterocycles. The molecule has 0 atom stereocenters. The van der Waals surface area contributed by atoms with Crippen molar-refractivity contribution in [2.45, 2.75) is 19.3 Å². The molecule has 0 amide bonds. The summed E-state index contributed by atoms with van der Waals surface area (Å²) < 4.78 is 34.2. The lowest BCUT2D eigenvalue weighted by atomic mass is 10.3. The van der Waals surface area contributed by atoms with E-state index in [2.05, 4.69) is 0 Å². The molecule has 0 aliphatic carbocycles. The Kier molecular flexibility index (Phi) is 2.01. The van der Waals surface area contributed by atoms with Gasteiger partial charge >= 0.3 is 12.0 Å². The van der Waals surface area contributed by atoms with Crippen molar-refractivity contribution in [2.24, 2.45) is 0 Å². The van der Waals surface area contributed by atoms with Gasteiger partial charge in [-0.05, 0) is 0 Å². The second-order valence-corrected chi connectivity index (χ2v) is 1.33. The maximum Gasteiger partial charge on any atom is 0.370 e. The van der Waals surface area contributed by atoms with Crippen LogP contribution in [0.25, 0.3) is 0 Å². The quantitative estimate of drug-likeness (QED) is 0.513. The summed E-state index contributed by atoms with van der Waals surface area (Å²) in [5.74, 6) is -3.76. The molecule has 0 saturated carbocycles. The molecule has 0 bridgehead atoms. The molecule has 0 spiro atoms. The molecule has 8 heavy (non-hydrogen) atoms. The number of hydrogen-bond acceptors (Lipinski definition) is 1. The van der Waals surface area contributed by atoms with E-state index in [1.165, 1.54) is 0 Å². The number of alkyl halides is 2. The summed E-state index contributed by atoms with van der Waals surface area (Å²) >= 11 is 0. The van der Waals surface area contributed by atoms with Gasteiger partial charge in [-0.2, -0.15) is 13.2 Å². The fourth-order valence-electron chi connectivity index (χ4n) is 0.139. The van der Waals surface area contributed by atoms with Crippen LogP contribution in [0.4, 0.5) is 13.2 Å². The predicted octanol–water partition coefficient (Wildman–Crippen LogP) is 1.53. The first-order valence-electron chi connectivity index (χ1n) is 2.08. The van der Waals surface area contributed by atoms with Crippen LogP contribution in [0.1, 0.15) is 13.3 Å². The molecule has 0 heterocycles. The fraction of sp³-hybridized carbons (Fsp3) is 0.750. The van der Waals surface area contributed by atoms with Crippen molar-refractivity contribution in [3.05, 3.63) is 0 Å². The molecule has 0 rings (SSSR count). The van der Waals surface area contributed by atoms with E-state index >= 15 is 0 Å². The molecule has 4 heteroatoms. The van der Waals surface area contributed by atoms with Crippen LogP contribution < -0.4 is 0 Å². The number of rotatable bonds is 2. The smallest absolute Gasteiger partial charge is 0.254 e. The van der Waals surface area contributed by atoms with Crippen LogP contribution in [0.2, 0.25) is 0 Å². The van der Waals surface area contributed by atoms with Crippen molar-refractivity contribution in [1.29, 1.82) is 0 Å². The summed E-state index contributed by atoms with van der Waals surface area (Å²) in [5.41, 5.74) is 0. The molecule has 1 nitrogen and oxygen atoms in total. The Hall–Kier alpha value is -0.540. The van der Waals surface area contributed by atoms with Gasteiger partial charge in [-0.15, -0.1) is 0 Å². The Morgan fingerprint density at radius 1 is 1.62 bits per heavy atom. The van der Waals surface area contributed by atoms with Gasteiger partial charge in [0, 0.05) is 6.42 Å². The van der Waals surface area contributed by atoms with Gasteiger partial charge in [0.2, 0.25) is 0 Å². The maximum atomic E-state index is 11.6. The fourth-order valence-corrected chi connectivity index (χ4v) is 0.139. The Morgan fingerprint density at radius 3 is 2.00 bits per heavy atom. The van der Waals surface area contributed by atoms with Crippen molar-refractivity contribution in [3.63, 3.8) is 0 Å². The molecule has 0 saturated heterocycles. The largest absolute Gasteiger partial charge is 0.370 e. The zero-order chi connectivity index (χ0) is 6.78. The number of carbonyl (C=O) groups excluding carboxylic acids is 1. The highest BCUT2D eigenvalue weighted by molar-refractivity contribution is 5.75. The molecule has 0 N–H and O–H groups in total. The molecule has 0 fully saturated rings. The van der Waals surface area contributed by atoms with Gasteiger partial charge in [0.05, 0.1) is 0 Å². The number of carbonyl (C=O) groups is 1. The summed E-state index contributed by atoms with van der Waals surface area (Å²) in [6.07, 6.45) is -0.775. The second-order valence-electron chi connectivity index (χ2n) is 1.33. The average Bonchev–Trinajstić information content (AvgIpc) is 1.67. The third kappa shape index (κ3) is 1.52. The Morgan fingerprint density at radius 2 is 2.00 bits per heavy atom. The molecule has 0 aromatic rings. The first kappa shape index (κ1) is 7.46. The third-order valence-electron chi connectivity index (χ3n) is 0.732. The van der Waals surface area contributed by atoms with Crippen LogP contribution in [0.15, 0.2) is 0 Å². The Bertz CT molecular complexity index is 99.5. The molecule has 0 aromatic carbocycles. The average molecular weight is 126 g/mol. The van der Waals surface area contributed by atoms with Crippen molar-refractivity contribution in [2.75, 3.05) is 0 Å². The Balaban J connectivity index is 3.91. The first-order valence-corrected chi connectivity index (χ1v) is 2.08. The van der Waals surface area contributed by atoms with Gasteiger partial charge < -0.3 is 0 Å². The molecule has 0 aliphatic rings. The minimum atomic E-state index is -3.76. The van der Waals surface area contributed by atoms with Crippen molar-refractivity contribution in [1.82, 2.24) is 0 Å². The van der Waals surface area contributed by atoms with E-state index in [1.54, 1.807) is 0 Å². The minimum Gasteiger partial charge on any atom is -0.254 e. The molecule has 48 valence electrons. The van der Waals surface area contributed by atoms with Gasteiger partial charge in [-0.3, -0.25) is 4.79 Å². The highest BCUT2D eigenvalue weighted by Crippen LogP contribution is 2.18. The lowest BCUT2D eigenvalue weighted by Gasteiger charge is -2.03. The van der Waals surface area contributed by atoms with E-state index in [9.17, 15) is 18.0 Å². The van der Waals surface area contributed by atoms with E-state index in [0.717, 1.165) is 6.92 Å². The zero-order valence-electron chi connectivity index (χ0n) is 4.25. The number of halogens is 3. The van der Waals surface area contributed by atoms with Crippen LogP contribution >= 0.6 is 0 Å². The van der Waals surface area contributed by atoms with E-state index < -0.39 is 18.4 Å². The maximum absolute atomic E-state index is 11.6. The standard InChI is InChI=1S/C4H5F3O/c1-2-4(6,7)3(5)8/h2H2,1H3. The highest BCUT2D eigenvalue weighted by atomic mass is 19.3. The van der Waals surface area contributed by atoms with Crippen LogP contribution in [-0.4, -0.2) is 12.0 Å². The summed E-state index contributed by atoms with van der Waals surface area (Å²) in [6, 6.07) is -2.56. The summed E-state index contributed by atoms with van der Waals surface area (Å²) in [4.78, 5) is 9.28. The van der Waals surface area contributed by atoms with Crippen LogP contribution in [0.5, 0.6) is 0 Å². The van der Waals surface area contributed by atoms with Crippen molar-refractivity contribution < 1.29 is 18.0 Å². The van der Waals surface area contributed by atoms with Crippen molar-refractivity contribution >= 4 is 6.04 Å². The monoisotopic (exact) mass is 126 g/mol. The molecular weight excluding hydrogens is 121 g/mol. The van der Waals surface area contributed by atoms with Crippen LogP contribution in [0.3, 0.4) is 0 Å². The van der Waals surface area contributed by atoms with Gasteiger partial charge in [-0.1, -0.05) is 6.92 Å². The normalized spacial score (nSPS) is 11.5. The SMILES string of the molecule is CCC(F)(F)C(=O)F. The molecule has 0 aromatic heterocycles. The summed E-state index contributed by atoms with van der Waals surface area (Å²) in [7, 11) is 0. The van der Waals surface area contributed by atoms with Crippen LogP contribution in [0, 0.1) is 0 Å². The van der Waals surface area contributed by atoms with E-state index in [1.807, 2.05) is 0 Å². The zero-order valence-corrected chi connectivity index (χ0v) is 4.25. The third-order valence-corrected chi connectivity index (χ3v) is 0.732. The first-order chi connectivity index (χ1) is 3.50. The Labute approximate surface area is 44.5 Å². The topological polar surface area (TPSA) is 17.1 Å². The lowest BCUT2D eigenvalue weighted by molar-refractivity contribution is -0.155. The number of hydrogen-bond donors (Lipinski definition) is 0. The molecular formula is C4H5F3O. The van der Waals surface area contributed by atoms with Crippen LogP contribution in [-0.2, 0) is 4.79 Å². The summed E-state index contributed by atoms with van der Waals surface area (Å²) in [6.45, 7) is 1.04. The lowest BCUT2D eigenvalue weighted by Crippen LogP contribution is -2.23. The minimum absolute atomic E-state index is 0.775. The van der Waals surface area contributed by atoms with Gasteiger partial charge in [0.15, 0.2) is 0 Å². The van der Waals surface area contributed by atoms with E-state index in [0.29, 0.717) is 0 Å². The van der Waals surface area contributed by atoms with Gasteiger partial charge in [0.1, 0.15) is 0 Å². The van der Waals surface area contributed by atoms with Crippen molar-refractivity contribution in [3.8, 4) is 0 Å². The van der Waals surface area contributed by atoms with E-state index in [4.69, 9.17) is 0 Å². The van der Waals surface area contributed by atoms with E-state index in [-0.39, 0.29) is 0 Å². The van der Waals surface area contributed by atoms with Gasteiger partial charge in [0.25, 0.3) is 0 Å². The summed E-state index contributed by atoms with van der Waals surface area (Å²) in [5, 5.41) is 0. The predicted molar refractivity (Wildman–Crippen MR) is 21.4 cm³/mol. The van der Waals surface area contributed by atoms with Gasteiger partial charge in [-0.25, -0.2) is 0 Å². The molecule has 0 radical (unpaired) electrons. The second kappa shape index (κ2) is 2.15. The molecule has 0 unspecified atom stereocenters.